The quantitative estimate of drug-likeness (QED) is 0.763. The number of rotatable bonds is 2. The van der Waals surface area contributed by atoms with Crippen LogP contribution in [0.5, 0.6) is 0 Å². The van der Waals surface area contributed by atoms with E-state index in [1.54, 1.807) is 25.8 Å². The van der Waals surface area contributed by atoms with Gasteiger partial charge in [-0.05, 0) is 33.6 Å². The summed E-state index contributed by atoms with van der Waals surface area (Å²) >= 11 is 0. The van der Waals surface area contributed by atoms with E-state index in [0.717, 1.165) is 6.42 Å². The van der Waals surface area contributed by atoms with E-state index in [4.69, 9.17) is 9.84 Å². The van der Waals surface area contributed by atoms with Gasteiger partial charge in [-0.1, -0.05) is 0 Å². The second-order valence-corrected chi connectivity index (χ2v) is 5.24. The highest BCUT2D eigenvalue weighted by molar-refractivity contribution is 5.70. The highest BCUT2D eigenvalue weighted by atomic mass is 16.6. The van der Waals surface area contributed by atoms with Crippen LogP contribution in [0.4, 0.5) is 4.79 Å². The summed E-state index contributed by atoms with van der Waals surface area (Å²) in [5.41, 5.74) is 2.02. The van der Waals surface area contributed by atoms with Crippen molar-refractivity contribution in [1.29, 1.82) is 0 Å². The van der Waals surface area contributed by atoms with E-state index >= 15 is 0 Å². The molecule has 1 fully saturated rings. The standard InChI is InChI=1S/C11H20N2O4/c1-11(2,3)17-10(16)12-13-6-4-5-8(7-13)9(14)15/h8H,4-7H2,1-3H3,(H,12,16)(H,14,15). The number of hydrogen-bond acceptors (Lipinski definition) is 4. The Morgan fingerprint density at radius 3 is 2.59 bits per heavy atom. The largest absolute Gasteiger partial charge is 0.481 e. The molecule has 0 aromatic carbocycles. The van der Waals surface area contributed by atoms with Gasteiger partial charge in [-0.25, -0.2) is 9.80 Å². The molecule has 6 heteroatoms. The van der Waals surface area contributed by atoms with Crippen LogP contribution >= 0.6 is 0 Å². The van der Waals surface area contributed by atoms with Crippen molar-refractivity contribution < 1.29 is 19.4 Å². The molecule has 0 aromatic rings. The lowest BCUT2D eigenvalue weighted by Gasteiger charge is -2.31. The third-order valence-electron chi connectivity index (χ3n) is 2.42. The fourth-order valence-electron chi connectivity index (χ4n) is 1.71. The molecule has 0 radical (unpaired) electrons. The lowest BCUT2D eigenvalue weighted by molar-refractivity contribution is -0.144. The molecule has 2 N–H and O–H groups in total. The second-order valence-electron chi connectivity index (χ2n) is 5.24. The molecule has 1 amide bonds. The number of hydrogen-bond donors (Lipinski definition) is 2. The van der Waals surface area contributed by atoms with Crippen LogP contribution < -0.4 is 5.43 Å². The summed E-state index contributed by atoms with van der Waals surface area (Å²) in [6.45, 7) is 6.33. The Bertz CT molecular complexity index is 298. The molecule has 0 bridgehead atoms. The first kappa shape index (κ1) is 13.8. The van der Waals surface area contributed by atoms with Crippen LogP contribution in [0.1, 0.15) is 33.6 Å². The first-order valence-corrected chi connectivity index (χ1v) is 5.75. The van der Waals surface area contributed by atoms with Gasteiger partial charge in [0.1, 0.15) is 5.60 Å². The molecule has 17 heavy (non-hydrogen) atoms. The molecular formula is C11H20N2O4. The van der Waals surface area contributed by atoms with Crippen LogP contribution in [0.15, 0.2) is 0 Å². The third-order valence-corrected chi connectivity index (χ3v) is 2.42. The Morgan fingerprint density at radius 2 is 2.06 bits per heavy atom. The molecule has 1 saturated heterocycles. The number of aliphatic carboxylic acids is 1. The van der Waals surface area contributed by atoms with Crippen LogP contribution in [-0.4, -0.2) is 40.9 Å². The van der Waals surface area contributed by atoms with E-state index in [-0.39, 0.29) is 0 Å². The fourth-order valence-corrected chi connectivity index (χ4v) is 1.71. The van der Waals surface area contributed by atoms with Crippen molar-refractivity contribution in [2.75, 3.05) is 13.1 Å². The summed E-state index contributed by atoms with van der Waals surface area (Å²) in [4.78, 5) is 22.3. The third kappa shape index (κ3) is 5.04. The number of nitrogens with one attached hydrogen (secondary N) is 1. The van der Waals surface area contributed by atoms with Gasteiger partial charge in [0.2, 0.25) is 0 Å². The van der Waals surface area contributed by atoms with E-state index in [9.17, 15) is 9.59 Å². The number of carbonyl (C=O) groups is 2. The van der Waals surface area contributed by atoms with Crippen LogP contribution in [0.3, 0.4) is 0 Å². The van der Waals surface area contributed by atoms with Crippen molar-refractivity contribution in [3.63, 3.8) is 0 Å². The SMILES string of the molecule is CC(C)(C)OC(=O)NN1CCCC(C(=O)O)C1. The zero-order valence-corrected chi connectivity index (χ0v) is 10.5. The minimum Gasteiger partial charge on any atom is -0.481 e. The fraction of sp³-hybridized carbons (Fsp3) is 0.818. The van der Waals surface area contributed by atoms with Gasteiger partial charge in [0.25, 0.3) is 0 Å². The minimum absolute atomic E-state index is 0.328. The summed E-state index contributed by atoms with van der Waals surface area (Å²) in [5.74, 6) is -1.24. The van der Waals surface area contributed by atoms with Crippen LogP contribution in [0.25, 0.3) is 0 Å². The summed E-state index contributed by atoms with van der Waals surface area (Å²) in [6.07, 6.45) is 0.873. The first-order chi connectivity index (χ1) is 7.78. The van der Waals surface area contributed by atoms with Crippen molar-refractivity contribution >= 4 is 12.1 Å². The van der Waals surface area contributed by atoms with Gasteiger partial charge in [-0.2, -0.15) is 0 Å². The summed E-state index contributed by atoms with van der Waals surface area (Å²) in [6, 6.07) is 0. The van der Waals surface area contributed by atoms with Gasteiger partial charge in [0, 0.05) is 13.1 Å². The molecule has 6 nitrogen and oxygen atoms in total. The van der Waals surface area contributed by atoms with Gasteiger partial charge in [-0.15, -0.1) is 0 Å². The predicted octanol–water partition coefficient (Wildman–Crippen LogP) is 1.22. The summed E-state index contributed by atoms with van der Waals surface area (Å²) in [7, 11) is 0. The highest BCUT2D eigenvalue weighted by Crippen LogP contribution is 2.15. The Morgan fingerprint density at radius 1 is 1.41 bits per heavy atom. The zero-order valence-electron chi connectivity index (χ0n) is 10.5. The molecule has 1 atom stereocenters. The van der Waals surface area contributed by atoms with Crippen molar-refractivity contribution in [3.05, 3.63) is 0 Å². The maximum atomic E-state index is 11.5. The molecule has 98 valence electrons. The number of ether oxygens (including phenoxy) is 1. The molecule has 1 aliphatic rings. The Kier molecular flexibility index (Phi) is 4.34. The molecule has 0 saturated carbocycles. The first-order valence-electron chi connectivity index (χ1n) is 5.75. The van der Waals surface area contributed by atoms with Crippen molar-refractivity contribution in [2.24, 2.45) is 5.92 Å². The van der Waals surface area contributed by atoms with E-state index < -0.39 is 23.6 Å². The zero-order chi connectivity index (χ0) is 13.1. The number of carboxylic acids is 1. The molecule has 0 aliphatic carbocycles. The second kappa shape index (κ2) is 5.35. The Hall–Kier alpha value is -1.30. The average molecular weight is 244 g/mol. The van der Waals surface area contributed by atoms with Gasteiger partial charge < -0.3 is 9.84 Å². The molecular weight excluding hydrogens is 224 g/mol. The number of carbonyl (C=O) groups excluding carboxylic acids is 1. The molecule has 1 aliphatic heterocycles. The van der Waals surface area contributed by atoms with E-state index in [0.29, 0.717) is 19.5 Å². The number of carboxylic acid groups (broad SMARTS) is 1. The topological polar surface area (TPSA) is 78.9 Å². The number of hydrazine groups is 1. The van der Waals surface area contributed by atoms with Crippen LogP contribution in [0, 0.1) is 5.92 Å². The van der Waals surface area contributed by atoms with E-state index in [2.05, 4.69) is 5.43 Å². The van der Waals surface area contributed by atoms with Gasteiger partial charge in [0.15, 0.2) is 0 Å². The Balaban J connectivity index is 2.41. The summed E-state index contributed by atoms with van der Waals surface area (Å²) < 4.78 is 5.10. The summed E-state index contributed by atoms with van der Waals surface area (Å²) in [5, 5.41) is 10.5. The van der Waals surface area contributed by atoms with E-state index in [1.807, 2.05) is 0 Å². The number of amides is 1. The van der Waals surface area contributed by atoms with Gasteiger partial charge in [-0.3, -0.25) is 10.2 Å². The number of nitrogens with zero attached hydrogens (tertiary/aromatic N) is 1. The van der Waals surface area contributed by atoms with Gasteiger partial charge >= 0.3 is 12.1 Å². The van der Waals surface area contributed by atoms with Crippen molar-refractivity contribution in [2.45, 2.75) is 39.2 Å². The van der Waals surface area contributed by atoms with Crippen LogP contribution in [-0.2, 0) is 9.53 Å². The smallest absolute Gasteiger partial charge is 0.422 e. The maximum absolute atomic E-state index is 11.5. The molecule has 1 rings (SSSR count). The lowest BCUT2D eigenvalue weighted by atomic mass is 10.00. The highest BCUT2D eigenvalue weighted by Gasteiger charge is 2.27. The average Bonchev–Trinajstić information content (AvgIpc) is 2.14. The monoisotopic (exact) mass is 244 g/mol. The maximum Gasteiger partial charge on any atom is 0.422 e. The lowest BCUT2D eigenvalue weighted by Crippen LogP contribution is -2.50. The molecule has 1 unspecified atom stereocenters. The van der Waals surface area contributed by atoms with Crippen molar-refractivity contribution in [1.82, 2.24) is 10.4 Å². The minimum atomic E-state index is -0.819. The number of piperidine rings is 1. The van der Waals surface area contributed by atoms with E-state index in [1.165, 1.54) is 0 Å². The van der Waals surface area contributed by atoms with Crippen LogP contribution in [0.2, 0.25) is 0 Å². The molecule has 1 heterocycles. The van der Waals surface area contributed by atoms with Gasteiger partial charge in [0.05, 0.1) is 5.92 Å². The molecule has 0 spiro atoms. The Labute approximate surface area is 101 Å². The molecule has 0 aromatic heterocycles. The van der Waals surface area contributed by atoms with Crippen molar-refractivity contribution in [3.8, 4) is 0 Å². The normalized spacial score (nSPS) is 21.9. The predicted molar refractivity (Wildman–Crippen MR) is 61.3 cm³/mol.